The van der Waals surface area contributed by atoms with Gasteiger partial charge in [-0.05, 0) is 68.4 Å². The third-order valence-corrected chi connectivity index (χ3v) is 7.54. The summed E-state index contributed by atoms with van der Waals surface area (Å²) in [6, 6.07) is 6.05. The molecule has 1 aromatic heterocycles. The van der Waals surface area contributed by atoms with E-state index >= 15 is 0 Å². The number of nitrogens with zero attached hydrogens (tertiary/aromatic N) is 3. The zero-order valence-corrected chi connectivity index (χ0v) is 15.5. The molecule has 4 nitrogen and oxygen atoms in total. The molecule has 0 spiro atoms. The highest BCUT2D eigenvalue weighted by Crippen LogP contribution is 2.60. The zero-order valence-electron chi connectivity index (χ0n) is 14.7. The first-order valence-electron chi connectivity index (χ1n) is 9.69. The molecule has 2 heterocycles. The monoisotopic (exact) mass is 354 g/mol. The van der Waals surface area contributed by atoms with Gasteiger partial charge in [-0.2, -0.15) is 5.10 Å². The van der Waals surface area contributed by atoms with E-state index < -0.39 is 0 Å². The summed E-state index contributed by atoms with van der Waals surface area (Å²) in [6.07, 6.45) is 11.4. The Labute approximate surface area is 154 Å². The number of aliphatic imine (C=N–C) groups is 1. The summed E-state index contributed by atoms with van der Waals surface area (Å²) in [4.78, 5) is 9.04. The van der Waals surface area contributed by atoms with E-state index in [1.54, 1.807) is 0 Å². The predicted octanol–water partition coefficient (Wildman–Crippen LogP) is 3.89. The summed E-state index contributed by atoms with van der Waals surface area (Å²) in [6.45, 7) is 0.772. The van der Waals surface area contributed by atoms with Crippen LogP contribution in [-0.2, 0) is 6.42 Å². The topological polar surface area (TPSA) is 49.6 Å². The van der Waals surface area contributed by atoms with Crippen LogP contribution in [-0.4, -0.2) is 28.2 Å². The molecule has 6 rings (SSSR count). The lowest BCUT2D eigenvalue weighted by molar-refractivity contribution is -0.0126. The third-order valence-electron chi connectivity index (χ3n) is 6.63. The molecule has 0 radical (unpaired) electrons. The van der Waals surface area contributed by atoms with Crippen LogP contribution in [0.1, 0.15) is 44.2 Å². The highest BCUT2D eigenvalue weighted by molar-refractivity contribution is 8.14. The zero-order chi connectivity index (χ0) is 16.7. The molecule has 4 fully saturated rings. The number of hydrazone groups is 1. The van der Waals surface area contributed by atoms with Gasteiger partial charge in [-0.3, -0.25) is 15.4 Å². The second kappa shape index (κ2) is 6.42. The number of thioether (sulfide) groups is 1. The minimum Gasteiger partial charge on any atom is -0.261 e. The minimum atomic E-state index is 0.425. The van der Waals surface area contributed by atoms with E-state index in [9.17, 15) is 0 Å². The molecule has 5 heteroatoms. The summed E-state index contributed by atoms with van der Waals surface area (Å²) in [5.74, 6) is 3.97. The van der Waals surface area contributed by atoms with Gasteiger partial charge in [0.2, 0.25) is 0 Å². The van der Waals surface area contributed by atoms with Crippen molar-refractivity contribution in [3.05, 3.63) is 30.1 Å². The van der Waals surface area contributed by atoms with Gasteiger partial charge in [0.25, 0.3) is 0 Å². The van der Waals surface area contributed by atoms with E-state index in [-0.39, 0.29) is 0 Å². The van der Waals surface area contributed by atoms with Crippen molar-refractivity contribution >= 4 is 22.6 Å². The Morgan fingerprint density at radius 2 is 1.88 bits per heavy atom. The lowest BCUT2D eigenvalue weighted by Gasteiger charge is -2.57. The first-order valence-corrected chi connectivity index (χ1v) is 10.7. The van der Waals surface area contributed by atoms with Crippen molar-refractivity contribution in [3.8, 4) is 0 Å². The summed E-state index contributed by atoms with van der Waals surface area (Å²) in [5.41, 5.74) is 6.22. The van der Waals surface area contributed by atoms with Gasteiger partial charge in [0, 0.05) is 36.0 Å². The van der Waals surface area contributed by atoms with E-state index in [1.807, 2.05) is 30.1 Å². The molecule has 1 N–H and O–H groups in total. The number of nitrogens with one attached hydrogen (secondary N) is 1. The van der Waals surface area contributed by atoms with Crippen LogP contribution in [0.4, 0.5) is 0 Å². The van der Waals surface area contributed by atoms with Crippen molar-refractivity contribution < 1.29 is 0 Å². The molecule has 0 atom stereocenters. The molecular weight excluding hydrogens is 328 g/mol. The average Bonchev–Trinajstić information content (AvgIpc) is 2.62. The molecule has 1 aliphatic heterocycles. The predicted molar refractivity (Wildman–Crippen MR) is 104 cm³/mol. The van der Waals surface area contributed by atoms with Crippen LogP contribution < -0.4 is 5.43 Å². The van der Waals surface area contributed by atoms with Gasteiger partial charge in [-0.25, -0.2) is 0 Å². The normalized spacial score (nSPS) is 37.8. The Balaban J connectivity index is 1.23. The van der Waals surface area contributed by atoms with Crippen LogP contribution in [0.3, 0.4) is 0 Å². The Hall–Kier alpha value is -1.36. The van der Waals surface area contributed by atoms with E-state index in [2.05, 4.69) is 21.5 Å². The Kier molecular flexibility index (Phi) is 4.07. The maximum absolute atomic E-state index is 4.83. The molecule has 0 unspecified atom stereocenters. The summed E-state index contributed by atoms with van der Waals surface area (Å²) in [5, 5.41) is 5.80. The number of pyridine rings is 1. The van der Waals surface area contributed by atoms with Crippen LogP contribution in [0.15, 0.2) is 34.5 Å². The molecule has 4 bridgehead atoms. The molecule has 4 saturated carbocycles. The van der Waals surface area contributed by atoms with Gasteiger partial charge in [0.15, 0.2) is 5.17 Å². The largest absolute Gasteiger partial charge is 0.261 e. The van der Waals surface area contributed by atoms with E-state index in [1.165, 1.54) is 44.2 Å². The smallest absolute Gasteiger partial charge is 0.177 e. The van der Waals surface area contributed by atoms with Crippen molar-refractivity contribution in [2.75, 3.05) is 12.3 Å². The molecule has 4 aliphatic carbocycles. The lowest BCUT2D eigenvalue weighted by Crippen LogP contribution is -2.51. The molecule has 1 aromatic rings. The molecule has 0 amide bonds. The van der Waals surface area contributed by atoms with Gasteiger partial charge in [-0.1, -0.05) is 17.8 Å². The van der Waals surface area contributed by atoms with Gasteiger partial charge in [0.05, 0.1) is 5.71 Å². The van der Waals surface area contributed by atoms with Crippen LogP contribution in [0.25, 0.3) is 0 Å². The van der Waals surface area contributed by atoms with E-state index in [4.69, 9.17) is 5.10 Å². The van der Waals surface area contributed by atoms with Crippen molar-refractivity contribution in [2.45, 2.75) is 44.9 Å². The number of rotatable bonds is 4. The Morgan fingerprint density at radius 1 is 1.12 bits per heavy atom. The highest BCUT2D eigenvalue weighted by Gasteiger charge is 2.53. The standard InChI is InChI=1S/C20H26N4S/c1-2-5-21-17(3-1)4-6-22-19-24-23-18(13-25-19)20-10-14-7-15(11-20)9-16(8-14)12-20/h1-3,5,14-16H,4,6-13H2,(H,22,24). The third kappa shape index (κ3) is 3.12. The Morgan fingerprint density at radius 3 is 2.48 bits per heavy atom. The number of hydrogen-bond acceptors (Lipinski definition) is 4. The minimum absolute atomic E-state index is 0.425. The fourth-order valence-corrected chi connectivity index (χ4v) is 6.89. The van der Waals surface area contributed by atoms with E-state index in [0.29, 0.717) is 5.41 Å². The van der Waals surface area contributed by atoms with Gasteiger partial charge < -0.3 is 0 Å². The molecule has 25 heavy (non-hydrogen) atoms. The summed E-state index contributed by atoms with van der Waals surface area (Å²) >= 11 is 1.84. The van der Waals surface area contributed by atoms with Crippen LogP contribution in [0, 0.1) is 23.2 Å². The molecule has 5 aliphatic rings. The quantitative estimate of drug-likeness (QED) is 0.892. The number of amidine groups is 1. The van der Waals surface area contributed by atoms with Gasteiger partial charge in [-0.15, -0.1) is 0 Å². The van der Waals surface area contributed by atoms with Gasteiger partial charge >= 0.3 is 0 Å². The van der Waals surface area contributed by atoms with Crippen molar-refractivity contribution in [3.63, 3.8) is 0 Å². The maximum atomic E-state index is 4.83. The summed E-state index contributed by atoms with van der Waals surface area (Å²) in [7, 11) is 0. The van der Waals surface area contributed by atoms with Crippen molar-refractivity contribution in [1.82, 2.24) is 10.4 Å². The fourth-order valence-electron chi connectivity index (χ4n) is 5.95. The van der Waals surface area contributed by atoms with Crippen molar-refractivity contribution in [2.24, 2.45) is 33.3 Å². The molecule has 0 aromatic carbocycles. The Bertz CT molecular complexity index is 662. The SMILES string of the molecule is c1ccc(CCN=C2NN=C(C34CC5CC(CC(C5)C3)C4)CS2)nc1. The average molecular weight is 355 g/mol. The summed E-state index contributed by atoms with van der Waals surface area (Å²) < 4.78 is 0. The number of hydrogen-bond donors (Lipinski definition) is 1. The lowest BCUT2D eigenvalue weighted by atomic mass is 9.48. The fraction of sp³-hybridized carbons (Fsp3) is 0.650. The first kappa shape index (κ1) is 15.9. The first-order chi connectivity index (χ1) is 12.3. The number of aromatic nitrogens is 1. The van der Waals surface area contributed by atoms with Crippen LogP contribution in [0.5, 0.6) is 0 Å². The molecule has 0 saturated heterocycles. The van der Waals surface area contributed by atoms with Crippen LogP contribution >= 0.6 is 11.8 Å². The van der Waals surface area contributed by atoms with Gasteiger partial charge in [0.1, 0.15) is 0 Å². The van der Waals surface area contributed by atoms with Crippen LogP contribution in [0.2, 0.25) is 0 Å². The van der Waals surface area contributed by atoms with E-state index in [0.717, 1.165) is 47.3 Å². The second-order valence-corrected chi connectivity index (χ2v) is 9.38. The molecular formula is C20H26N4S. The second-order valence-electron chi connectivity index (χ2n) is 8.41. The maximum Gasteiger partial charge on any atom is 0.177 e. The highest BCUT2D eigenvalue weighted by atomic mass is 32.2. The van der Waals surface area contributed by atoms with Crippen molar-refractivity contribution in [1.29, 1.82) is 0 Å². The molecule has 132 valence electrons.